The van der Waals surface area contributed by atoms with Crippen molar-refractivity contribution in [1.29, 1.82) is 0 Å². The lowest BCUT2D eigenvalue weighted by molar-refractivity contribution is -0.117. The number of benzene rings is 2. The summed E-state index contributed by atoms with van der Waals surface area (Å²) in [6.45, 7) is 2.93. The monoisotopic (exact) mass is 453 g/mol. The van der Waals surface area contributed by atoms with Gasteiger partial charge in [-0.2, -0.15) is 4.31 Å². The van der Waals surface area contributed by atoms with Crippen LogP contribution in [0.1, 0.15) is 19.4 Å². The molecule has 0 saturated carbocycles. The van der Waals surface area contributed by atoms with Gasteiger partial charge in [0, 0.05) is 31.4 Å². The fourth-order valence-electron chi connectivity index (χ4n) is 3.49. The first-order chi connectivity index (χ1) is 14.0. The van der Waals surface area contributed by atoms with E-state index in [-0.39, 0.29) is 27.6 Å². The number of halogens is 2. The zero-order chi connectivity index (χ0) is 22.2. The fourth-order valence-corrected chi connectivity index (χ4v) is 4.85. The molecule has 160 valence electrons. The highest BCUT2D eigenvalue weighted by molar-refractivity contribution is 7.89. The smallest absolute Gasteiger partial charge is 0.243 e. The molecule has 0 bridgehead atoms. The highest BCUT2D eigenvalue weighted by Crippen LogP contribution is 2.34. The lowest BCUT2D eigenvalue weighted by atomic mass is 10.1. The van der Waals surface area contributed by atoms with E-state index in [2.05, 4.69) is 5.32 Å². The molecule has 2 aromatic rings. The first-order valence-corrected chi connectivity index (χ1v) is 11.0. The molecule has 2 amide bonds. The van der Waals surface area contributed by atoms with Crippen molar-refractivity contribution in [2.45, 2.75) is 31.2 Å². The molecule has 0 radical (unpaired) electrons. The van der Waals surface area contributed by atoms with Gasteiger partial charge >= 0.3 is 0 Å². The zero-order valence-corrected chi connectivity index (χ0v) is 18.2. The molecule has 0 fully saturated rings. The average Bonchev–Trinajstić information content (AvgIpc) is 2.99. The predicted octanol–water partition coefficient (Wildman–Crippen LogP) is 3.04. The van der Waals surface area contributed by atoms with E-state index in [0.29, 0.717) is 12.1 Å². The fraction of sp³-hybridized carbons (Fsp3) is 0.300. The molecule has 0 aliphatic carbocycles. The minimum atomic E-state index is -3.94. The van der Waals surface area contributed by atoms with E-state index in [1.54, 1.807) is 11.0 Å². The Labute approximate surface area is 179 Å². The van der Waals surface area contributed by atoms with Crippen LogP contribution in [0.3, 0.4) is 0 Å². The van der Waals surface area contributed by atoms with E-state index in [4.69, 9.17) is 11.6 Å². The number of nitrogens with one attached hydrogen (secondary N) is 1. The minimum absolute atomic E-state index is 0.0407. The summed E-state index contributed by atoms with van der Waals surface area (Å²) in [5.41, 5.74) is 1.72. The summed E-state index contributed by atoms with van der Waals surface area (Å²) in [6.07, 6.45) is 0.549. The van der Waals surface area contributed by atoms with Gasteiger partial charge in [0.05, 0.1) is 16.5 Å². The summed E-state index contributed by atoms with van der Waals surface area (Å²) in [5.74, 6) is -1.32. The van der Waals surface area contributed by atoms with Gasteiger partial charge in [-0.05, 0) is 55.3 Å². The summed E-state index contributed by atoms with van der Waals surface area (Å²) < 4.78 is 40.0. The predicted molar refractivity (Wildman–Crippen MR) is 113 cm³/mol. The minimum Gasteiger partial charge on any atom is -0.325 e. The molecule has 0 aromatic heterocycles. The summed E-state index contributed by atoms with van der Waals surface area (Å²) in [7, 11) is -2.64. The molecule has 10 heteroatoms. The number of fused-ring (bicyclic) bond motifs is 1. The number of hydrogen-bond donors (Lipinski definition) is 1. The third-order valence-corrected chi connectivity index (χ3v) is 6.97. The third kappa shape index (κ3) is 4.33. The Kier molecular flexibility index (Phi) is 6.16. The highest BCUT2D eigenvalue weighted by Gasteiger charge is 2.31. The van der Waals surface area contributed by atoms with E-state index in [9.17, 15) is 22.4 Å². The number of likely N-dealkylation sites (N-methyl/N-ethyl adjacent to an activating group) is 1. The first-order valence-electron chi connectivity index (χ1n) is 9.14. The number of carbonyl (C=O) groups is 2. The van der Waals surface area contributed by atoms with E-state index in [1.165, 1.54) is 38.2 Å². The molecule has 0 spiro atoms. The number of sulfonamides is 1. The van der Waals surface area contributed by atoms with Gasteiger partial charge in [0.2, 0.25) is 21.8 Å². The van der Waals surface area contributed by atoms with Crippen LogP contribution in [0.25, 0.3) is 0 Å². The molecule has 30 heavy (non-hydrogen) atoms. The molecule has 1 aliphatic rings. The van der Waals surface area contributed by atoms with Gasteiger partial charge in [-0.15, -0.1) is 0 Å². The van der Waals surface area contributed by atoms with Gasteiger partial charge in [-0.3, -0.25) is 9.59 Å². The molecular formula is C20H21ClFN3O4S. The average molecular weight is 454 g/mol. The lowest BCUT2D eigenvalue weighted by Gasteiger charge is -2.21. The van der Waals surface area contributed by atoms with E-state index >= 15 is 0 Å². The van der Waals surface area contributed by atoms with Crippen molar-refractivity contribution in [2.75, 3.05) is 23.8 Å². The van der Waals surface area contributed by atoms with E-state index < -0.39 is 28.3 Å². The van der Waals surface area contributed by atoms with Crippen molar-refractivity contribution in [3.8, 4) is 0 Å². The molecule has 3 rings (SSSR count). The number of rotatable bonds is 5. The van der Waals surface area contributed by atoms with E-state index in [1.807, 2.05) is 6.92 Å². The SMILES string of the molecule is CC(=O)N1c2ccc(S(=O)(=O)N(C)CC(=O)Nc3ccc(F)c(Cl)c3)cc2CC1C. The van der Waals surface area contributed by atoms with Crippen LogP contribution in [0.5, 0.6) is 0 Å². The van der Waals surface area contributed by atoms with Gasteiger partial charge in [-0.25, -0.2) is 12.8 Å². The van der Waals surface area contributed by atoms with Gasteiger partial charge in [0.1, 0.15) is 5.82 Å². The summed E-state index contributed by atoms with van der Waals surface area (Å²) >= 11 is 5.68. The molecule has 1 heterocycles. The van der Waals surface area contributed by atoms with Crippen LogP contribution in [0, 0.1) is 5.82 Å². The van der Waals surface area contributed by atoms with Gasteiger partial charge < -0.3 is 10.2 Å². The maximum absolute atomic E-state index is 13.2. The Balaban J connectivity index is 1.75. The van der Waals surface area contributed by atoms with Crippen LogP contribution in [-0.2, 0) is 26.0 Å². The molecule has 1 atom stereocenters. The van der Waals surface area contributed by atoms with Crippen molar-refractivity contribution in [2.24, 2.45) is 0 Å². The van der Waals surface area contributed by atoms with Crippen LogP contribution in [0.15, 0.2) is 41.3 Å². The van der Waals surface area contributed by atoms with Crippen LogP contribution in [0.2, 0.25) is 5.02 Å². The van der Waals surface area contributed by atoms with Crippen molar-refractivity contribution < 1.29 is 22.4 Å². The molecule has 1 N–H and O–H groups in total. The molecule has 1 unspecified atom stereocenters. The van der Waals surface area contributed by atoms with Gasteiger partial charge in [0.15, 0.2) is 0 Å². The molecule has 0 saturated heterocycles. The van der Waals surface area contributed by atoms with Crippen LogP contribution in [0.4, 0.5) is 15.8 Å². The number of amides is 2. The second-order valence-corrected chi connectivity index (χ2v) is 9.62. The number of nitrogens with zero attached hydrogens (tertiary/aromatic N) is 2. The molecular weight excluding hydrogens is 433 g/mol. The molecule has 7 nitrogen and oxygen atoms in total. The lowest BCUT2D eigenvalue weighted by Crippen LogP contribution is -2.35. The normalized spacial score (nSPS) is 15.9. The number of carbonyl (C=O) groups excluding carboxylic acids is 2. The second-order valence-electron chi connectivity index (χ2n) is 7.17. The van der Waals surface area contributed by atoms with Crippen molar-refractivity contribution in [3.63, 3.8) is 0 Å². The van der Waals surface area contributed by atoms with Gasteiger partial charge in [0.25, 0.3) is 0 Å². The standard InChI is InChI=1S/C20H21ClFN3O4S/c1-12-8-14-9-16(5-7-19(14)25(12)13(2)26)30(28,29)24(3)11-20(27)23-15-4-6-18(22)17(21)10-15/h4-7,9-10,12H,8,11H2,1-3H3,(H,23,27). The quantitative estimate of drug-likeness (QED) is 0.753. The van der Waals surface area contributed by atoms with Crippen LogP contribution >= 0.6 is 11.6 Å². The third-order valence-electron chi connectivity index (χ3n) is 4.88. The first kappa shape index (κ1) is 22.2. The summed E-state index contributed by atoms with van der Waals surface area (Å²) in [4.78, 5) is 25.8. The molecule has 2 aromatic carbocycles. The summed E-state index contributed by atoms with van der Waals surface area (Å²) in [5, 5.41) is 2.34. The molecule has 1 aliphatic heterocycles. The maximum atomic E-state index is 13.2. The second kappa shape index (κ2) is 8.33. The topological polar surface area (TPSA) is 86.8 Å². The Hall–Kier alpha value is -2.49. The van der Waals surface area contributed by atoms with Gasteiger partial charge in [-0.1, -0.05) is 11.6 Å². The van der Waals surface area contributed by atoms with Crippen molar-refractivity contribution in [3.05, 3.63) is 52.8 Å². The Bertz CT molecular complexity index is 1120. The van der Waals surface area contributed by atoms with Crippen molar-refractivity contribution in [1.82, 2.24) is 4.31 Å². The zero-order valence-electron chi connectivity index (χ0n) is 16.6. The Morgan fingerprint density at radius 1 is 1.27 bits per heavy atom. The highest BCUT2D eigenvalue weighted by atomic mass is 35.5. The maximum Gasteiger partial charge on any atom is 0.243 e. The van der Waals surface area contributed by atoms with Crippen molar-refractivity contribution >= 4 is 44.8 Å². The van der Waals surface area contributed by atoms with E-state index in [0.717, 1.165) is 15.9 Å². The number of hydrogen-bond acceptors (Lipinski definition) is 4. The summed E-state index contributed by atoms with van der Waals surface area (Å²) in [6, 6.07) is 8.20. The van der Waals surface area contributed by atoms with Crippen LogP contribution < -0.4 is 10.2 Å². The van der Waals surface area contributed by atoms with Crippen LogP contribution in [-0.4, -0.2) is 44.2 Å². The Morgan fingerprint density at radius 2 is 1.97 bits per heavy atom. The largest absolute Gasteiger partial charge is 0.325 e. The Morgan fingerprint density at radius 3 is 2.60 bits per heavy atom. The number of anilines is 2.